The van der Waals surface area contributed by atoms with E-state index in [0.29, 0.717) is 23.1 Å². The Bertz CT molecular complexity index is 471. The zero-order valence-corrected chi connectivity index (χ0v) is 11.8. The molecule has 1 heterocycles. The lowest BCUT2D eigenvalue weighted by atomic mass is 9.95. The number of carbonyl (C=O) groups excluding carboxylic acids is 1. The SMILES string of the molecule is COC(=O)c1cccc(N)c1N1CCC(C(C)C)C1. The zero-order valence-electron chi connectivity index (χ0n) is 11.8. The van der Waals surface area contributed by atoms with Gasteiger partial charge in [-0.15, -0.1) is 0 Å². The highest BCUT2D eigenvalue weighted by Crippen LogP contribution is 2.34. The molecule has 104 valence electrons. The Morgan fingerprint density at radius 1 is 1.47 bits per heavy atom. The van der Waals surface area contributed by atoms with E-state index in [1.807, 2.05) is 6.07 Å². The lowest BCUT2D eigenvalue weighted by molar-refractivity contribution is 0.0601. The van der Waals surface area contributed by atoms with Crippen LogP contribution in [0.5, 0.6) is 0 Å². The molecule has 2 N–H and O–H groups in total. The number of carbonyl (C=O) groups is 1. The molecule has 1 aromatic carbocycles. The maximum Gasteiger partial charge on any atom is 0.340 e. The first kappa shape index (κ1) is 13.7. The zero-order chi connectivity index (χ0) is 14.0. The van der Waals surface area contributed by atoms with E-state index in [9.17, 15) is 4.79 Å². The second-order valence-corrected chi connectivity index (χ2v) is 5.47. The molecule has 1 aromatic rings. The van der Waals surface area contributed by atoms with Crippen LogP contribution in [-0.2, 0) is 4.74 Å². The van der Waals surface area contributed by atoms with Gasteiger partial charge in [-0.1, -0.05) is 19.9 Å². The predicted octanol–water partition coefficient (Wildman–Crippen LogP) is 2.54. The molecule has 0 spiro atoms. The van der Waals surface area contributed by atoms with Gasteiger partial charge < -0.3 is 15.4 Å². The summed E-state index contributed by atoms with van der Waals surface area (Å²) in [6.45, 7) is 6.38. The van der Waals surface area contributed by atoms with Gasteiger partial charge in [0.15, 0.2) is 0 Å². The fourth-order valence-electron chi connectivity index (χ4n) is 2.72. The molecule has 1 fully saturated rings. The minimum atomic E-state index is -0.324. The second kappa shape index (κ2) is 5.51. The van der Waals surface area contributed by atoms with E-state index in [0.717, 1.165) is 25.2 Å². The molecule has 0 aliphatic carbocycles. The summed E-state index contributed by atoms with van der Waals surface area (Å²) in [7, 11) is 1.40. The number of rotatable bonds is 3. The van der Waals surface area contributed by atoms with E-state index < -0.39 is 0 Å². The first-order valence-electron chi connectivity index (χ1n) is 6.76. The van der Waals surface area contributed by atoms with Crippen molar-refractivity contribution in [3.05, 3.63) is 23.8 Å². The molecule has 19 heavy (non-hydrogen) atoms. The van der Waals surface area contributed by atoms with Gasteiger partial charge in [0, 0.05) is 13.1 Å². The lowest BCUT2D eigenvalue weighted by Crippen LogP contribution is -2.24. The fraction of sp³-hybridized carbons (Fsp3) is 0.533. The van der Waals surface area contributed by atoms with Gasteiger partial charge in [0.1, 0.15) is 0 Å². The number of nitrogen functional groups attached to an aromatic ring is 1. The van der Waals surface area contributed by atoms with E-state index in [1.54, 1.807) is 12.1 Å². The van der Waals surface area contributed by atoms with Crippen LogP contribution in [0.15, 0.2) is 18.2 Å². The normalized spacial score (nSPS) is 18.9. The van der Waals surface area contributed by atoms with Crippen molar-refractivity contribution in [1.82, 2.24) is 0 Å². The van der Waals surface area contributed by atoms with Crippen molar-refractivity contribution >= 4 is 17.3 Å². The Balaban J connectivity index is 2.32. The lowest BCUT2D eigenvalue weighted by Gasteiger charge is -2.23. The molecule has 0 aromatic heterocycles. The van der Waals surface area contributed by atoms with Crippen LogP contribution in [-0.4, -0.2) is 26.2 Å². The van der Waals surface area contributed by atoms with Crippen molar-refractivity contribution in [3.63, 3.8) is 0 Å². The Morgan fingerprint density at radius 2 is 2.21 bits per heavy atom. The summed E-state index contributed by atoms with van der Waals surface area (Å²) < 4.78 is 4.84. The highest BCUT2D eigenvalue weighted by Gasteiger charge is 2.28. The Morgan fingerprint density at radius 3 is 2.79 bits per heavy atom. The quantitative estimate of drug-likeness (QED) is 0.672. The van der Waals surface area contributed by atoms with E-state index in [-0.39, 0.29) is 5.97 Å². The second-order valence-electron chi connectivity index (χ2n) is 5.47. The van der Waals surface area contributed by atoms with Crippen LogP contribution >= 0.6 is 0 Å². The smallest absolute Gasteiger partial charge is 0.340 e. The molecule has 0 bridgehead atoms. The minimum Gasteiger partial charge on any atom is -0.465 e. The predicted molar refractivity (Wildman–Crippen MR) is 77.4 cm³/mol. The topological polar surface area (TPSA) is 55.6 Å². The van der Waals surface area contributed by atoms with Crippen LogP contribution in [0, 0.1) is 11.8 Å². The van der Waals surface area contributed by atoms with Gasteiger partial charge in [-0.05, 0) is 30.4 Å². The third-order valence-electron chi connectivity index (χ3n) is 3.96. The summed E-state index contributed by atoms with van der Waals surface area (Å²) in [5.74, 6) is 0.983. The molecule has 1 saturated heterocycles. The Labute approximate surface area is 114 Å². The Hall–Kier alpha value is -1.71. The van der Waals surface area contributed by atoms with Gasteiger partial charge >= 0.3 is 5.97 Å². The van der Waals surface area contributed by atoms with Gasteiger partial charge in [0.05, 0.1) is 24.0 Å². The van der Waals surface area contributed by atoms with Crippen LogP contribution in [0.25, 0.3) is 0 Å². The number of para-hydroxylation sites is 1. The number of anilines is 2. The van der Waals surface area contributed by atoms with Crippen LogP contribution in [0.1, 0.15) is 30.6 Å². The van der Waals surface area contributed by atoms with E-state index in [1.165, 1.54) is 7.11 Å². The van der Waals surface area contributed by atoms with Crippen molar-refractivity contribution in [2.45, 2.75) is 20.3 Å². The van der Waals surface area contributed by atoms with Crippen LogP contribution in [0.3, 0.4) is 0 Å². The molecule has 0 amide bonds. The van der Waals surface area contributed by atoms with Gasteiger partial charge in [0.25, 0.3) is 0 Å². The highest BCUT2D eigenvalue weighted by molar-refractivity contribution is 5.99. The molecule has 0 saturated carbocycles. The number of methoxy groups -OCH3 is 1. The standard InChI is InChI=1S/C15H22N2O2/c1-10(2)11-7-8-17(9-11)14-12(15(18)19-3)5-4-6-13(14)16/h4-6,10-11H,7-9,16H2,1-3H3. The number of hydrogen-bond donors (Lipinski definition) is 1. The molecule has 1 atom stereocenters. The van der Waals surface area contributed by atoms with E-state index in [2.05, 4.69) is 18.7 Å². The minimum absolute atomic E-state index is 0.324. The first-order valence-corrected chi connectivity index (χ1v) is 6.76. The molecule has 1 aliphatic heterocycles. The molecule has 1 aliphatic rings. The summed E-state index contributed by atoms with van der Waals surface area (Å²) in [5, 5.41) is 0. The molecule has 4 heteroatoms. The summed E-state index contributed by atoms with van der Waals surface area (Å²) in [5.41, 5.74) is 8.10. The van der Waals surface area contributed by atoms with Crippen molar-refractivity contribution < 1.29 is 9.53 Å². The van der Waals surface area contributed by atoms with Crippen molar-refractivity contribution in [2.24, 2.45) is 11.8 Å². The van der Waals surface area contributed by atoms with E-state index in [4.69, 9.17) is 10.5 Å². The summed E-state index contributed by atoms with van der Waals surface area (Å²) in [6.07, 6.45) is 1.15. The molecule has 1 unspecified atom stereocenters. The van der Waals surface area contributed by atoms with Crippen LogP contribution in [0.2, 0.25) is 0 Å². The molecule has 2 rings (SSSR count). The number of ether oxygens (including phenoxy) is 1. The molecule has 4 nitrogen and oxygen atoms in total. The number of nitrogens with zero attached hydrogens (tertiary/aromatic N) is 1. The third kappa shape index (κ3) is 2.67. The number of benzene rings is 1. The van der Waals surface area contributed by atoms with Gasteiger partial charge in [0.2, 0.25) is 0 Å². The van der Waals surface area contributed by atoms with Gasteiger partial charge in [-0.25, -0.2) is 4.79 Å². The molecular weight excluding hydrogens is 240 g/mol. The Kier molecular flexibility index (Phi) is 3.98. The largest absolute Gasteiger partial charge is 0.465 e. The van der Waals surface area contributed by atoms with Crippen LogP contribution in [0.4, 0.5) is 11.4 Å². The van der Waals surface area contributed by atoms with Crippen molar-refractivity contribution in [3.8, 4) is 0 Å². The summed E-state index contributed by atoms with van der Waals surface area (Å²) in [6, 6.07) is 5.41. The maximum atomic E-state index is 11.9. The van der Waals surface area contributed by atoms with Crippen molar-refractivity contribution in [1.29, 1.82) is 0 Å². The highest BCUT2D eigenvalue weighted by atomic mass is 16.5. The molecule has 0 radical (unpaired) electrons. The van der Waals surface area contributed by atoms with Gasteiger partial charge in [-0.2, -0.15) is 0 Å². The maximum absolute atomic E-state index is 11.9. The van der Waals surface area contributed by atoms with Crippen molar-refractivity contribution in [2.75, 3.05) is 30.8 Å². The van der Waals surface area contributed by atoms with Gasteiger partial charge in [-0.3, -0.25) is 0 Å². The average molecular weight is 262 g/mol. The first-order chi connectivity index (χ1) is 9.04. The van der Waals surface area contributed by atoms with Crippen LogP contribution < -0.4 is 10.6 Å². The van der Waals surface area contributed by atoms with E-state index >= 15 is 0 Å². The monoisotopic (exact) mass is 262 g/mol. The third-order valence-corrected chi connectivity index (χ3v) is 3.96. The summed E-state index contributed by atoms with van der Waals surface area (Å²) in [4.78, 5) is 14.1. The average Bonchev–Trinajstić information content (AvgIpc) is 2.87. The fourth-order valence-corrected chi connectivity index (χ4v) is 2.72. The number of esters is 1. The number of nitrogens with two attached hydrogens (primary N) is 1. The molecular formula is C15H22N2O2. The summed E-state index contributed by atoms with van der Waals surface area (Å²) >= 11 is 0. The number of hydrogen-bond acceptors (Lipinski definition) is 4.